The molecule has 13 heavy (non-hydrogen) atoms. The van der Waals surface area contributed by atoms with E-state index < -0.39 is 0 Å². The largest absolute Gasteiger partial charge is 0.506 e. The third-order valence-electron chi connectivity index (χ3n) is 2.42. The maximum atomic E-state index is 11.3. The highest BCUT2D eigenvalue weighted by atomic mass is 16.3. The lowest BCUT2D eigenvalue weighted by molar-refractivity contribution is -0.118. The quantitative estimate of drug-likeness (QED) is 0.649. The molecule has 0 spiro atoms. The molecule has 1 aromatic rings. The highest BCUT2D eigenvalue weighted by Crippen LogP contribution is 2.34. The number of hydrogen-bond acceptors (Lipinski definition) is 2. The zero-order chi connectivity index (χ0) is 9.42. The second-order valence-electron chi connectivity index (χ2n) is 3.24. The van der Waals surface area contributed by atoms with Crippen LogP contribution in [0.15, 0.2) is 18.2 Å². The van der Waals surface area contributed by atoms with Gasteiger partial charge in [0.25, 0.3) is 0 Å². The number of fused-ring (bicyclic) bond motifs is 1. The molecule has 2 rings (SSSR count). The van der Waals surface area contributed by atoms with E-state index in [-0.39, 0.29) is 11.7 Å². The van der Waals surface area contributed by atoms with Crippen molar-refractivity contribution >= 4 is 11.6 Å². The molecule has 0 atom stereocenters. The van der Waals surface area contributed by atoms with Crippen LogP contribution >= 0.6 is 0 Å². The first kappa shape index (κ1) is 8.10. The Labute approximate surface area is 76.6 Å². The van der Waals surface area contributed by atoms with Crippen molar-refractivity contribution in [2.24, 2.45) is 0 Å². The summed E-state index contributed by atoms with van der Waals surface area (Å²) in [7, 11) is 1.69. The van der Waals surface area contributed by atoms with Gasteiger partial charge in [-0.25, -0.2) is 0 Å². The maximum Gasteiger partial charge on any atom is 0.227 e. The molecule has 1 aliphatic heterocycles. The molecule has 0 radical (unpaired) electrons. The highest BCUT2D eigenvalue weighted by molar-refractivity contribution is 5.97. The van der Waals surface area contributed by atoms with Crippen molar-refractivity contribution in [3.63, 3.8) is 0 Å². The van der Waals surface area contributed by atoms with E-state index in [1.54, 1.807) is 19.2 Å². The lowest BCUT2D eigenvalue weighted by atomic mass is 10.0. The van der Waals surface area contributed by atoms with E-state index in [9.17, 15) is 9.90 Å². The molecule has 3 nitrogen and oxygen atoms in total. The summed E-state index contributed by atoms with van der Waals surface area (Å²) in [6.07, 6.45) is 1.26. The Morgan fingerprint density at radius 2 is 2.15 bits per heavy atom. The maximum absolute atomic E-state index is 11.3. The summed E-state index contributed by atoms with van der Waals surface area (Å²) in [5.74, 6) is 0.252. The van der Waals surface area contributed by atoms with Crippen LogP contribution in [-0.4, -0.2) is 18.1 Å². The van der Waals surface area contributed by atoms with Crippen molar-refractivity contribution in [2.45, 2.75) is 12.8 Å². The summed E-state index contributed by atoms with van der Waals surface area (Å²) in [5.41, 5.74) is 1.71. The Morgan fingerprint density at radius 3 is 2.92 bits per heavy atom. The van der Waals surface area contributed by atoms with Gasteiger partial charge in [-0.15, -0.1) is 0 Å². The predicted octanol–water partition coefficient (Wildman–Crippen LogP) is 1.30. The summed E-state index contributed by atoms with van der Waals surface area (Å²) < 4.78 is 0. The monoisotopic (exact) mass is 177 g/mol. The molecule has 1 aromatic carbocycles. The van der Waals surface area contributed by atoms with E-state index in [1.165, 1.54) is 4.90 Å². The minimum Gasteiger partial charge on any atom is -0.506 e. The summed E-state index contributed by atoms with van der Waals surface area (Å²) >= 11 is 0. The van der Waals surface area contributed by atoms with Gasteiger partial charge >= 0.3 is 0 Å². The number of hydrogen-bond donors (Lipinski definition) is 1. The van der Waals surface area contributed by atoms with Crippen LogP contribution in [0.3, 0.4) is 0 Å². The number of amides is 1. The van der Waals surface area contributed by atoms with Crippen LogP contribution in [0.5, 0.6) is 5.75 Å². The fourth-order valence-electron chi connectivity index (χ4n) is 1.70. The fraction of sp³-hybridized carbons (Fsp3) is 0.300. The number of aryl methyl sites for hydroxylation is 1. The molecule has 0 bridgehead atoms. The number of aromatic hydroxyl groups is 1. The summed E-state index contributed by atoms with van der Waals surface area (Å²) in [6.45, 7) is 0. The zero-order valence-corrected chi connectivity index (χ0v) is 7.45. The average molecular weight is 177 g/mol. The number of carbonyl (C=O) groups is 1. The van der Waals surface area contributed by atoms with Gasteiger partial charge in [0, 0.05) is 13.5 Å². The zero-order valence-electron chi connectivity index (χ0n) is 7.45. The number of phenols is 1. The summed E-state index contributed by atoms with van der Waals surface area (Å²) in [4.78, 5) is 12.8. The van der Waals surface area contributed by atoms with E-state index in [2.05, 4.69) is 0 Å². The smallest absolute Gasteiger partial charge is 0.227 e. The molecule has 1 N–H and O–H groups in total. The lowest BCUT2D eigenvalue weighted by Crippen LogP contribution is -2.31. The van der Waals surface area contributed by atoms with Crippen LogP contribution in [0.4, 0.5) is 5.69 Å². The van der Waals surface area contributed by atoms with E-state index >= 15 is 0 Å². The second-order valence-corrected chi connectivity index (χ2v) is 3.24. The van der Waals surface area contributed by atoms with Crippen LogP contribution in [0.1, 0.15) is 12.0 Å². The Balaban J connectivity index is 2.57. The van der Waals surface area contributed by atoms with E-state index in [0.717, 1.165) is 12.0 Å². The van der Waals surface area contributed by atoms with Crippen LogP contribution in [0, 0.1) is 0 Å². The van der Waals surface area contributed by atoms with Gasteiger partial charge in [0.2, 0.25) is 5.91 Å². The third kappa shape index (κ3) is 1.16. The van der Waals surface area contributed by atoms with Crippen LogP contribution in [-0.2, 0) is 11.2 Å². The third-order valence-corrected chi connectivity index (χ3v) is 2.42. The number of nitrogens with zero attached hydrogens (tertiary/aromatic N) is 1. The molecule has 0 aliphatic carbocycles. The van der Waals surface area contributed by atoms with Crippen molar-refractivity contribution in [3.8, 4) is 5.75 Å². The van der Waals surface area contributed by atoms with Crippen LogP contribution < -0.4 is 4.90 Å². The van der Waals surface area contributed by atoms with Gasteiger partial charge < -0.3 is 10.0 Å². The molecule has 1 amide bonds. The van der Waals surface area contributed by atoms with Crippen LogP contribution in [0.2, 0.25) is 0 Å². The normalized spacial score (nSPS) is 15.8. The minimum absolute atomic E-state index is 0.0639. The number of phenolic OH excluding ortho intramolecular Hbond substituents is 1. The second kappa shape index (κ2) is 2.76. The molecule has 0 saturated heterocycles. The number of carbonyl (C=O) groups excluding carboxylic acids is 1. The SMILES string of the molecule is CN1C(=O)CCc2cccc(O)c21. The molecular weight excluding hydrogens is 166 g/mol. The van der Waals surface area contributed by atoms with Crippen LogP contribution in [0.25, 0.3) is 0 Å². The first-order valence-electron chi connectivity index (χ1n) is 4.27. The molecule has 0 fully saturated rings. The topological polar surface area (TPSA) is 40.5 Å². The minimum atomic E-state index is 0.0639. The Morgan fingerprint density at radius 1 is 1.38 bits per heavy atom. The first-order chi connectivity index (χ1) is 6.20. The van der Waals surface area contributed by atoms with Gasteiger partial charge in [-0.05, 0) is 18.1 Å². The van der Waals surface area contributed by atoms with E-state index in [0.29, 0.717) is 12.1 Å². The molecule has 1 aliphatic rings. The number of rotatable bonds is 0. The lowest BCUT2D eigenvalue weighted by Gasteiger charge is -2.26. The Kier molecular flexibility index (Phi) is 1.72. The van der Waals surface area contributed by atoms with Gasteiger partial charge in [-0.1, -0.05) is 12.1 Å². The number of para-hydroxylation sites is 1. The summed E-state index contributed by atoms with van der Waals surface area (Å²) in [6, 6.07) is 5.35. The molecule has 68 valence electrons. The first-order valence-corrected chi connectivity index (χ1v) is 4.27. The standard InChI is InChI=1S/C10H11NO2/c1-11-9(13)6-5-7-3-2-4-8(12)10(7)11/h2-4,12H,5-6H2,1H3. The molecule has 0 unspecified atom stereocenters. The van der Waals surface area contributed by atoms with Crippen molar-refractivity contribution in [1.82, 2.24) is 0 Å². The molecule has 0 aromatic heterocycles. The Bertz CT molecular complexity index is 360. The average Bonchev–Trinajstić information content (AvgIpc) is 2.12. The van der Waals surface area contributed by atoms with Gasteiger partial charge in [0.15, 0.2) is 0 Å². The van der Waals surface area contributed by atoms with Gasteiger partial charge in [0.1, 0.15) is 5.75 Å². The van der Waals surface area contributed by atoms with Gasteiger partial charge in [0.05, 0.1) is 5.69 Å². The molecule has 1 heterocycles. The van der Waals surface area contributed by atoms with E-state index in [4.69, 9.17) is 0 Å². The van der Waals surface area contributed by atoms with Gasteiger partial charge in [-0.2, -0.15) is 0 Å². The summed E-state index contributed by atoms with van der Waals surface area (Å²) in [5, 5.41) is 9.55. The molecular formula is C10H11NO2. The van der Waals surface area contributed by atoms with E-state index in [1.807, 2.05) is 6.07 Å². The number of benzene rings is 1. The van der Waals surface area contributed by atoms with Crippen molar-refractivity contribution < 1.29 is 9.90 Å². The van der Waals surface area contributed by atoms with Crippen molar-refractivity contribution in [3.05, 3.63) is 23.8 Å². The highest BCUT2D eigenvalue weighted by Gasteiger charge is 2.22. The van der Waals surface area contributed by atoms with Crippen molar-refractivity contribution in [1.29, 1.82) is 0 Å². The van der Waals surface area contributed by atoms with Gasteiger partial charge in [-0.3, -0.25) is 4.79 Å². The molecule has 3 heteroatoms. The molecule has 0 saturated carbocycles. The Hall–Kier alpha value is -1.51. The van der Waals surface area contributed by atoms with Crippen molar-refractivity contribution in [2.75, 3.05) is 11.9 Å². The predicted molar refractivity (Wildman–Crippen MR) is 49.8 cm³/mol. The fourth-order valence-corrected chi connectivity index (χ4v) is 1.70. The number of anilines is 1.